The highest BCUT2D eigenvalue weighted by atomic mass is 35.5. The van der Waals surface area contributed by atoms with Crippen molar-refractivity contribution >= 4 is 45.5 Å². The Balaban J connectivity index is 1.41. The summed E-state index contributed by atoms with van der Waals surface area (Å²) in [5.41, 5.74) is 2.92. The van der Waals surface area contributed by atoms with Gasteiger partial charge < -0.3 is 10.1 Å². The SMILES string of the molecule is O=C(Nc1cccc(Cl)c1)Oc1cccc(Nc2nc(-c3ccccn3)cs2)c1. The van der Waals surface area contributed by atoms with E-state index in [1.165, 1.54) is 11.3 Å². The van der Waals surface area contributed by atoms with Crippen molar-refractivity contribution in [3.8, 4) is 17.1 Å². The number of anilines is 3. The zero-order valence-corrected chi connectivity index (χ0v) is 16.6. The second-order valence-electron chi connectivity index (χ2n) is 5.93. The van der Waals surface area contributed by atoms with Crippen molar-refractivity contribution in [1.29, 1.82) is 0 Å². The monoisotopic (exact) mass is 422 g/mol. The van der Waals surface area contributed by atoms with Crippen LogP contribution in [0.25, 0.3) is 11.4 Å². The molecule has 144 valence electrons. The fourth-order valence-electron chi connectivity index (χ4n) is 2.54. The quantitative estimate of drug-likeness (QED) is 0.399. The number of rotatable bonds is 5. The van der Waals surface area contributed by atoms with E-state index < -0.39 is 6.09 Å². The van der Waals surface area contributed by atoms with Crippen LogP contribution in [0.2, 0.25) is 5.02 Å². The number of hydrogen-bond acceptors (Lipinski definition) is 6. The molecule has 0 aliphatic carbocycles. The highest BCUT2D eigenvalue weighted by Crippen LogP contribution is 2.27. The Morgan fingerprint density at radius 1 is 0.966 bits per heavy atom. The summed E-state index contributed by atoms with van der Waals surface area (Å²) in [6.45, 7) is 0. The Labute approximate surface area is 176 Å². The van der Waals surface area contributed by atoms with Crippen LogP contribution in [0.1, 0.15) is 0 Å². The van der Waals surface area contributed by atoms with Gasteiger partial charge in [-0.3, -0.25) is 10.3 Å². The lowest BCUT2D eigenvalue weighted by Crippen LogP contribution is -2.16. The largest absolute Gasteiger partial charge is 0.417 e. The number of amides is 1. The minimum Gasteiger partial charge on any atom is -0.410 e. The van der Waals surface area contributed by atoms with Crippen molar-refractivity contribution in [2.75, 3.05) is 10.6 Å². The van der Waals surface area contributed by atoms with Crippen LogP contribution in [-0.4, -0.2) is 16.1 Å². The van der Waals surface area contributed by atoms with Gasteiger partial charge in [0.2, 0.25) is 0 Å². The fourth-order valence-corrected chi connectivity index (χ4v) is 3.46. The van der Waals surface area contributed by atoms with Gasteiger partial charge in [-0.1, -0.05) is 29.8 Å². The summed E-state index contributed by atoms with van der Waals surface area (Å²) in [5.74, 6) is 0.399. The summed E-state index contributed by atoms with van der Waals surface area (Å²) in [6.07, 6.45) is 1.13. The van der Waals surface area contributed by atoms with Crippen molar-refractivity contribution in [3.63, 3.8) is 0 Å². The zero-order chi connectivity index (χ0) is 20.1. The van der Waals surface area contributed by atoms with Crippen LogP contribution in [0.4, 0.5) is 21.3 Å². The van der Waals surface area contributed by atoms with Gasteiger partial charge in [0.25, 0.3) is 0 Å². The van der Waals surface area contributed by atoms with Gasteiger partial charge in [-0.25, -0.2) is 9.78 Å². The molecule has 0 radical (unpaired) electrons. The molecule has 6 nitrogen and oxygen atoms in total. The molecule has 0 fully saturated rings. The topological polar surface area (TPSA) is 76.1 Å². The lowest BCUT2D eigenvalue weighted by Gasteiger charge is -2.08. The van der Waals surface area contributed by atoms with E-state index in [0.29, 0.717) is 21.6 Å². The summed E-state index contributed by atoms with van der Waals surface area (Å²) in [7, 11) is 0. The number of aromatic nitrogens is 2. The molecule has 1 amide bonds. The highest BCUT2D eigenvalue weighted by Gasteiger charge is 2.08. The van der Waals surface area contributed by atoms with E-state index in [2.05, 4.69) is 20.6 Å². The van der Waals surface area contributed by atoms with Crippen molar-refractivity contribution in [1.82, 2.24) is 9.97 Å². The zero-order valence-electron chi connectivity index (χ0n) is 15.0. The minimum absolute atomic E-state index is 0.399. The maximum absolute atomic E-state index is 12.1. The van der Waals surface area contributed by atoms with E-state index in [4.69, 9.17) is 16.3 Å². The number of halogens is 1. The number of thiazole rings is 1. The van der Waals surface area contributed by atoms with Crippen LogP contribution in [-0.2, 0) is 0 Å². The van der Waals surface area contributed by atoms with Crippen molar-refractivity contribution < 1.29 is 9.53 Å². The summed E-state index contributed by atoms with van der Waals surface area (Å²) < 4.78 is 5.35. The van der Waals surface area contributed by atoms with Gasteiger partial charge in [-0.15, -0.1) is 11.3 Å². The number of hydrogen-bond donors (Lipinski definition) is 2. The first-order chi connectivity index (χ1) is 14.2. The second-order valence-corrected chi connectivity index (χ2v) is 7.23. The van der Waals surface area contributed by atoms with Gasteiger partial charge in [0.15, 0.2) is 5.13 Å². The average molecular weight is 423 g/mol. The Kier molecular flexibility index (Phi) is 5.69. The number of carbonyl (C=O) groups is 1. The number of pyridine rings is 1. The summed E-state index contributed by atoms with van der Waals surface area (Å²) >= 11 is 7.39. The van der Waals surface area contributed by atoms with Gasteiger partial charge in [0.1, 0.15) is 11.4 Å². The molecule has 4 aromatic rings. The average Bonchev–Trinajstić information content (AvgIpc) is 3.17. The standard InChI is InChI=1S/C21H15ClN4O2S/c22-14-5-3-6-15(11-14)25-21(27)28-17-8-4-7-16(12-17)24-20-26-19(13-29-20)18-9-1-2-10-23-18/h1-13H,(H,24,26)(H,25,27). The Morgan fingerprint density at radius 3 is 2.66 bits per heavy atom. The molecular formula is C21H15ClN4O2S. The van der Waals surface area contributed by atoms with Gasteiger partial charge >= 0.3 is 6.09 Å². The van der Waals surface area contributed by atoms with Crippen LogP contribution < -0.4 is 15.4 Å². The van der Waals surface area contributed by atoms with E-state index >= 15 is 0 Å². The van der Waals surface area contributed by atoms with E-state index in [0.717, 1.165) is 17.1 Å². The molecule has 4 rings (SSSR count). The molecule has 0 saturated heterocycles. The molecule has 0 bridgehead atoms. The third kappa shape index (κ3) is 5.10. The van der Waals surface area contributed by atoms with Crippen LogP contribution in [0.3, 0.4) is 0 Å². The number of ether oxygens (including phenoxy) is 1. The van der Waals surface area contributed by atoms with Crippen molar-refractivity contribution in [2.45, 2.75) is 0 Å². The molecule has 0 unspecified atom stereocenters. The van der Waals surface area contributed by atoms with Crippen LogP contribution >= 0.6 is 22.9 Å². The maximum atomic E-state index is 12.1. The van der Waals surface area contributed by atoms with E-state index in [1.54, 1.807) is 48.7 Å². The lowest BCUT2D eigenvalue weighted by atomic mass is 10.3. The Bertz CT molecular complexity index is 1130. The fraction of sp³-hybridized carbons (Fsp3) is 0. The first kappa shape index (κ1) is 18.9. The third-order valence-electron chi connectivity index (χ3n) is 3.80. The lowest BCUT2D eigenvalue weighted by molar-refractivity contribution is 0.215. The molecule has 29 heavy (non-hydrogen) atoms. The molecule has 2 aromatic carbocycles. The maximum Gasteiger partial charge on any atom is 0.417 e. The normalized spacial score (nSPS) is 10.4. The number of nitrogens with one attached hydrogen (secondary N) is 2. The summed E-state index contributed by atoms with van der Waals surface area (Å²) in [6, 6.07) is 19.6. The van der Waals surface area contributed by atoms with E-state index in [9.17, 15) is 4.79 Å². The third-order valence-corrected chi connectivity index (χ3v) is 4.79. The first-order valence-corrected chi connectivity index (χ1v) is 9.90. The smallest absolute Gasteiger partial charge is 0.410 e. The van der Waals surface area contributed by atoms with Crippen molar-refractivity contribution in [3.05, 3.63) is 83.3 Å². The van der Waals surface area contributed by atoms with Crippen LogP contribution in [0.5, 0.6) is 5.75 Å². The summed E-state index contributed by atoms with van der Waals surface area (Å²) in [4.78, 5) is 21.0. The highest BCUT2D eigenvalue weighted by molar-refractivity contribution is 7.14. The number of nitrogens with zero attached hydrogens (tertiary/aromatic N) is 2. The predicted octanol–water partition coefficient (Wildman–Crippen LogP) is 6.21. The Hall–Kier alpha value is -3.42. The second kappa shape index (κ2) is 8.72. The first-order valence-electron chi connectivity index (χ1n) is 8.64. The van der Waals surface area contributed by atoms with Gasteiger partial charge in [0.05, 0.1) is 5.69 Å². The molecule has 0 aliphatic heterocycles. The molecular weight excluding hydrogens is 408 g/mol. The van der Waals surface area contributed by atoms with Gasteiger partial charge in [0, 0.05) is 34.0 Å². The molecule has 0 spiro atoms. The van der Waals surface area contributed by atoms with E-state index in [1.807, 2.05) is 29.6 Å². The molecule has 0 aliphatic rings. The van der Waals surface area contributed by atoms with Crippen molar-refractivity contribution in [2.24, 2.45) is 0 Å². The molecule has 2 aromatic heterocycles. The molecule has 2 N–H and O–H groups in total. The molecule has 0 atom stereocenters. The minimum atomic E-state index is -0.601. The summed E-state index contributed by atoms with van der Waals surface area (Å²) in [5, 5.41) is 9.03. The van der Waals surface area contributed by atoms with Crippen LogP contribution in [0, 0.1) is 0 Å². The molecule has 8 heteroatoms. The Morgan fingerprint density at radius 2 is 1.83 bits per heavy atom. The van der Waals surface area contributed by atoms with Gasteiger partial charge in [-0.2, -0.15) is 0 Å². The predicted molar refractivity (Wildman–Crippen MR) is 116 cm³/mol. The molecule has 2 heterocycles. The number of carbonyl (C=O) groups excluding carboxylic acids is 1. The molecule has 0 saturated carbocycles. The number of benzene rings is 2. The van der Waals surface area contributed by atoms with Gasteiger partial charge in [-0.05, 0) is 42.5 Å². The van der Waals surface area contributed by atoms with Crippen LogP contribution in [0.15, 0.2) is 78.3 Å². The van der Waals surface area contributed by atoms with E-state index in [-0.39, 0.29) is 0 Å².